The van der Waals surface area contributed by atoms with Crippen LogP contribution in [0.4, 0.5) is 11.5 Å². The molecule has 0 amide bonds. The average molecular weight is 401 g/mol. The molecule has 1 aromatic carbocycles. The predicted octanol–water partition coefficient (Wildman–Crippen LogP) is 4.37. The van der Waals surface area contributed by atoms with E-state index in [0.29, 0.717) is 23.1 Å². The summed E-state index contributed by atoms with van der Waals surface area (Å²) < 4.78 is 11.5. The molecule has 6 nitrogen and oxygen atoms in total. The van der Waals surface area contributed by atoms with Gasteiger partial charge in [-0.25, -0.2) is 9.97 Å². The van der Waals surface area contributed by atoms with Crippen LogP contribution in [-0.2, 0) is 0 Å². The first-order chi connectivity index (χ1) is 12.1. The number of hydrogen-bond donors (Lipinski definition) is 1. The topological polar surface area (TPSA) is 69.2 Å². The SMILES string of the molecule is COc1cc(Nc2cc(C)nc(-c3cccnc3)n2)cc(OC)c1Br. The fourth-order valence-corrected chi connectivity index (χ4v) is 2.90. The Morgan fingerprint density at radius 3 is 2.36 bits per heavy atom. The van der Waals surface area contributed by atoms with Crippen molar-refractivity contribution in [1.82, 2.24) is 15.0 Å². The molecule has 7 heteroatoms. The number of anilines is 2. The number of hydrogen-bond acceptors (Lipinski definition) is 6. The molecule has 3 aromatic rings. The van der Waals surface area contributed by atoms with Crippen LogP contribution in [-0.4, -0.2) is 29.2 Å². The lowest BCUT2D eigenvalue weighted by molar-refractivity contribution is 0.390. The molecule has 0 atom stereocenters. The van der Waals surface area contributed by atoms with Crippen molar-refractivity contribution in [3.63, 3.8) is 0 Å². The first-order valence-electron chi connectivity index (χ1n) is 7.55. The van der Waals surface area contributed by atoms with E-state index in [1.165, 1.54) is 0 Å². The molecular formula is C18H17BrN4O2. The summed E-state index contributed by atoms with van der Waals surface area (Å²) in [6.45, 7) is 1.93. The van der Waals surface area contributed by atoms with Crippen LogP contribution in [0.15, 0.2) is 47.2 Å². The lowest BCUT2D eigenvalue weighted by Gasteiger charge is -2.13. The van der Waals surface area contributed by atoms with Crippen LogP contribution in [0, 0.1) is 6.92 Å². The summed E-state index contributed by atoms with van der Waals surface area (Å²) in [5.41, 5.74) is 2.51. The van der Waals surface area contributed by atoms with Crippen LogP contribution < -0.4 is 14.8 Å². The third-order valence-electron chi connectivity index (χ3n) is 3.49. The first kappa shape index (κ1) is 17.2. The van der Waals surface area contributed by atoms with E-state index in [0.717, 1.165) is 21.4 Å². The number of rotatable bonds is 5. The highest BCUT2D eigenvalue weighted by Gasteiger charge is 2.11. The first-order valence-corrected chi connectivity index (χ1v) is 8.34. The minimum Gasteiger partial charge on any atom is -0.495 e. The van der Waals surface area contributed by atoms with E-state index in [4.69, 9.17) is 9.47 Å². The number of methoxy groups -OCH3 is 2. The van der Waals surface area contributed by atoms with E-state index >= 15 is 0 Å². The maximum atomic E-state index is 5.37. The maximum Gasteiger partial charge on any atom is 0.163 e. The molecule has 2 heterocycles. The molecule has 0 bridgehead atoms. The molecule has 0 aliphatic heterocycles. The number of halogens is 1. The average Bonchev–Trinajstić information content (AvgIpc) is 2.63. The van der Waals surface area contributed by atoms with E-state index < -0.39 is 0 Å². The monoisotopic (exact) mass is 400 g/mol. The van der Waals surface area contributed by atoms with Gasteiger partial charge in [0.05, 0.1) is 14.2 Å². The number of aromatic nitrogens is 3. The third kappa shape index (κ3) is 3.88. The Bertz CT molecular complexity index is 862. The summed E-state index contributed by atoms with van der Waals surface area (Å²) in [7, 11) is 3.22. The third-order valence-corrected chi connectivity index (χ3v) is 4.27. The van der Waals surface area contributed by atoms with Crippen molar-refractivity contribution in [3.8, 4) is 22.9 Å². The number of benzene rings is 1. The van der Waals surface area contributed by atoms with Gasteiger partial charge in [0.2, 0.25) is 0 Å². The normalized spacial score (nSPS) is 10.4. The molecule has 0 aliphatic carbocycles. The number of nitrogens with one attached hydrogen (secondary N) is 1. The molecule has 0 saturated heterocycles. The van der Waals surface area contributed by atoms with Gasteiger partial charge in [-0.05, 0) is 35.0 Å². The van der Waals surface area contributed by atoms with E-state index in [-0.39, 0.29) is 0 Å². The molecule has 2 aromatic heterocycles. The van der Waals surface area contributed by atoms with Crippen molar-refractivity contribution in [2.45, 2.75) is 6.92 Å². The summed E-state index contributed by atoms with van der Waals surface area (Å²) in [6.07, 6.45) is 3.46. The zero-order valence-corrected chi connectivity index (χ0v) is 15.7. The highest BCUT2D eigenvalue weighted by atomic mass is 79.9. The maximum absolute atomic E-state index is 5.37. The fraction of sp³-hybridized carbons (Fsp3) is 0.167. The van der Waals surface area contributed by atoms with Crippen molar-refractivity contribution in [1.29, 1.82) is 0 Å². The second kappa shape index (κ2) is 7.48. The van der Waals surface area contributed by atoms with E-state index in [9.17, 15) is 0 Å². The smallest absolute Gasteiger partial charge is 0.163 e. The lowest BCUT2D eigenvalue weighted by Crippen LogP contribution is -2.00. The summed E-state index contributed by atoms with van der Waals surface area (Å²) >= 11 is 3.46. The molecule has 3 rings (SSSR count). The zero-order valence-electron chi connectivity index (χ0n) is 14.1. The summed E-state index contributed by atoms with van der Waals surface area (Å²) in [5.74, 6) is 2.63. The Hall–Kier alpha value is -2.67. The van der Waals surface area contributed by atoms with E-state index in [1.54, 1.807) is 26.6 Å². The molecule has 0 saturated carbocycles. The molecule has 0 spiro atoms. The quantitative estimate of drug-likeness (QED) is 0.685. The minimum absolute atomic E-state index is 0.617. The Morgan fingerprint density at radius 1 is 1.04 bits per heavy atom. The molecule has 0 unspecified atom stereocenters. The van der Waals surface area contributed by atoms with Crippen LogP contribution in [0.25, 0.3) is 11.4 Å². The highest BCUT2D eigenvalue weighted by molar-refractivity contribution is 9.10. The van der Waals surface area contributed by atoms with Crippen molar-refractivity contribution >= 4 is 27.4 Å². The van der Waals surface area contributed by atoms with Crippen molar-refractivity contribution in [3.05, 3.63) is 52.9 Å². The van der Waals surface area contributed by atoms with Crippen LogP contribution in [0.1, 0.15) is 5.69 Å². The molecule has 0 radical (unpaired) electrons. The second-order valence-electron chi connectivity index (χ2n) is 5.28. The standard InChI is InChI=1S/C18H17BrN4O2/c1-11-7-16(23-18(21-11)12-5-4-6-20-10-12)22-13-8-14(24-2)17(19)15(9-13)25-3/h4-10H,1-3H3,(H,21,22,23). The van der Waals surface area contributed by atoms with Crippen molar-refractivity contribution in [2.75, 3.05) is 19.5 Å². The summed E-state index contributed by atoms with van der Waals surface area (Å²) in [5, 5.41) is 3.28. The molecular weight excluding hydrogens is 384 g/mol. The van der Waals surface area contributed by atoms with Crippen LogP contribution in [0.5, 0.6) is 11.5 Å². The van der Waals surface area contributed by atoms with Crippen LogP contribution in [0.2, 0.25) is 0 Å². The van der Waals surface area contributed by atoms with Gasteiger partial charge in [-0.2, -0.15) is 0 Å². The van der Waals surface area contributed by atoms with E-state index in [1.807, 2.05) is 37.3 Å². The van der Waals surface area contributed by atoms with Gasteiger partial charge in [0.25, 0.3) is 0 Å². The van der Waals surface area contributed by atoms with Gasteiger partial charge in [0, 0.05) is 47.5 Å². The largest absolute Gasteiger partial charge is 0.495 e. The van der Waals surface area contributed by atoms with Gasteiger partial charge in [0.15, 0.2) is 5.82 Å². The summed E-state index contributed by atoms with van der Waals surface area (Å²) in [4.78, 5) is 13.2. The zero-order chi connectivity index (χ0) is 17.8. The number of pyridine rings is 1. The predicted molar refractivity (Wildman–Crippen MR) is 101 cm³/mol. The number of ether oxygens (including phenoxy) is 2. The molecule has 0 aliphatic rings. The van der Waals surface area contributed by atoms with Gasteiger partial charge in [-0.15, -0.1) is 0 Å². The Morgan fingerprint density at radius 2 is 1.76 bits per heavy atom. The highest BCUT2D eigenvalue weighted by Crippen LogP contribution is 2.38. The Kier molecular flexibility index (Phi) is 5.14. The van der Waals surface area contributed by atoms with Gasteiger partial charge < -0.3 is 14.8 Å². The number of aryl methyl sites for hydroxylation is 1. The van der Waals surface area contributed by atoms with Crippen molar-refractivity contribution in [2.24, 2.45) is 0 Å². The van der Waals surface area contributed by atoms with Gasteiger partial charge in [0.1, 0.15) is 21.8 Å². The molecule has 0 fully saturated rings. The van der Waals surface area contributed by atoms with Gasteiger partial charge in [-0.1, -0.05) is 0 Å². The van der Waals surface area contributed by atoms with Crippen molar-refractivity contribution < 1.29 is 9.47 Å². The number of nitrogens with zero attached hydrogens (tertiary/aromatic N) is 3. The van der Waals surface area contributed by atoms with Gasteiger partial charge in [-0.3, -0.25) is 4.98 Å². The molecule has 1 N–H and O–H groups in total. The lowest BCUT2D eigenvalue weighted by atomic mass is 10.2. The second-order valence-corrected chi connectivity index (χ2v) is 6.07. The van der Waals surface area contributed by atoms with Crippen LogP contribution >= 0.6 is 15.9 Å². The fourth-order valence-electron chi connectivity index (χ4n) is 2.35. The minimum atomic E-state index is 0.617. The molecule has 25 heavy (non-hydrogen) atoms. The summed E-state index contributed by atoms with van der Waals surface area (Å²) in [6, 6.07) is 9.40. The Labute approximate surface area is 154 Å². The van der Waals surface area contributed by atoms with Gasteiger partial charge >= 0.3 is 0 Å². The molecule has 128 valence electrons. The van der Waals surface area contributed by atoms with Crippen LogP contribution in [0.3, 0.4) is 0 Å². The Balaban J connectivity index is 1.97. The van der Waals surface area contributed by atoms with E-state index in [2.05, 4.69) is 36.2 Å².